The van der Waals surface area contributed by atoms with Crippen LogP contribution in [0.3, 0.4) is 0 Å². The number of nitrogens with one attached hydrogen (secondary N) is 3. The summed E-state index contributed by atoms with van der Waals surface area (Å²) >= 11 is 6.19. The molecule has 2 aromatic carbocycles. The largest absolute Gasteiger partial charge is 0.353 e. The topological polar surface area (TPSA) is 108 Å². The van der Waals surface area contributed by atoms with Gasteiger partial charge in [0.15, 0.2) is 0 Å². The lowest BCUT2D eigenvalue weighted by Gasteiger charge is -2.34. The van der Waals surface area contributed by atoms with E-state index in [0.717, 1.165) is 31.4 Å². The van der Waals surface area contributed by atoms with E-state index in [2.05, 4.69) is 34.1 Å². The van der Waals surface area contributed by atoms with Crippen LogP contribution in [-0.4, -0.2) is 49.7 Å². The van der Waals surface area contributed by atoms with Crippen LogP contribution in [-0.2, 0) is 32.6 Å². The van der Waals surface area contributed by atoms with Crippen molar-refractivity contribution < 1.29 is 18.0 Å². The van der Waals surface area contributed by atoms with E-state index in [1.54, 1.807) is 19.9 Å². The van der Waals surface area contributed by atoms with E-state index in [1.165, 1.54) is 47.2 Å². The number of aryl methyl sites for hydroxylation is 3. The number of hydrogen-bond acceptors (Lipinski definition) is 5. The average Bonchev–Trinajstić information content (AvgIpc) is 3.44. The molecule has 1 saturated heterocycles. The van der Waals surface area contributed by atoms with Crippen molar-refractivity contribution in [3.05, 3.63) is 63.2 Å². The van der Waals surface area contributed by atoms with Gasteiger partial charge >= 0.3 is 0 Å². The number of piperazine rings is 1. The molecular formula is C30H39ClN4O4S. The maximum atomic E-state index is 13.7. The van der Waals surface area contributed by atoms with Crippen LogP contribution in [0.15, 0.2) is 35.2 Å². The number of carbonyl (C=O) groups is 2. The standard InChI is InChI=1S/C30H39ClN4O4S/c1-19-15-28(20(2)14-25(19)31)40(38,39)35-13-12-32-30(37)27(35)17-29(36)34-26-9-5-6-22-16-21(10-11-24(22)26)18-33-23-7-3-4-8-23/h10-11,14-16,23,26-27,33H,3-9,12-13,17-18H2,1-2H3,(H,32,37)(H,34,36)/t26-,27-/m1/s1. The number of nitrogens with zero attached hydrogens (tertiary/aromatic N) is 1. The fourth-order valence-electron chi connectivity index (χ4n) is 6.28. The van der Waals surface area contributed by atoms with Crippen molar-refractivity contribution in [1.82, 2.24) is 20.3 Å². The summed E-state index contributed by atoms with van der Waals surface area (Å²) < 4.78 is 28.6. The van der Waals surface area contributed by atoms with Crippen molar-refractivity contribution >= 4 is 33.4 Å². The molecule has 2 atom stereocenters. The van der Waals surface area contributed by atoms with Crippen molar-refractivity contribution in [3.8, 4) is 0 Å². The van der Waals surface area contributed by atoms with Crippen LogP contribution in [0.2, 0.25) is 5.02 Å². The fraction of sp³-hybridized carbons (Fsp3) is 0.533. The monoisotopic (exact) mass is 586 g/mol. The van der Waals surface area contributed by atoms with E-state index in [4.69, 9.17) is 11.6 Å². The number of sulfonamides is 1. The molecule has 1 aliphatic heterocycles. The van der Waals surface area contributed by atoms with Crippen LogP contribution < -0.4 is 16.0 Å². The molecule has 40 heavy (non-hydrogen) atoms. The molecule has 3 N–H and O–H groups in total. The first-order valence-electron chi connectivity index (χ1n) is 14.3. The first-order chi connectivity index (χ1) is 19.1. The van der Waals surface area contributed by atoms with Gasteiger partial charge in [0.1, 0.15) is 6.04 Å². The van der Waals surface area contributed by atoms with Gasteiger partial charge in [-0.15, -0.1) is 0 Å². The third-order valence-electron chi connectivity index (χ3n) is 8.51. The number of halogens is 1. The molecule has 2 aromatic rings. The second-order valence-electron chi connectivity index (χ2n) is 11.4. The molecule has 5 rings (SSSR count). The highest BCUT2D eigenvalue weighted by Crippen LogP contribution is 2.32. The quantitative estimate of drug-likeness (QED) is 0.432. The van der Waals surface area contributed by atoms with Gasteiger partial charge in [0.25, 0.3) is 0 Å². The highest BCUT2D eigenvalue weighted by Gasteiger charge is 2.40. The van der Waals surface area contributed by atoms with E-state index in [0.29, 0.717) is 22.2 Å². The highest BCUT2D eigenvalue weighted by molar-refractivity contribution is 7.89. The smallest absolute Gasteiger partial charge is 0.244 e. The van der Waals surface area contributed by atoms with Crippen LogP contribution in [0.1, 0.15) is 78.8 Å². The van der Waals surface area contributed by atoms with Gasteiger partial charge in [-0.1, -0.05) is 42.6 Å². The van der Waals surface area contributed by atoms with Crippen LogP contribution in [0.5, 0.6) is 0 Å². The molecule has 3 aliphatic rings. The van der Waals surface area contributed by atoms with Gasteiger partial charge < -0.3 is 16.0 Å². The van der Waals surface area contributed by atoms with E-state index in [-0.39, 0.29) is 36.4 Å². The van der Waals surface area contributed by atoms with Gasteiger partial charge in [-0.05, 0) is 85.9 Å². The lowest BCUT2D eigenvalue weighted by molar-refractivity contribution is -0.132. The summed E-state index contributed by atoms with van der Waals surface area (Å²) in [6.45, 7) is 4.56. The van der Waals surface area contributed by atoms with E-state index in [9.17, 15) is 18.0 Å². The summed E-state index contributed by atoms with van der Waals surface area (Å²) in [7, 11) is -4.03. The SMILES string of the molecule is Cc1cc(S(=O)(=O)N2CCNC(=O)[C@H]2CC(=O)N[C@@H]2CCCc3cc(CNC4CCCC4)ccc32)c(C)cc1Cl. The van der Waals surface area contributed by atoms with Crippen molar-refractivity contribution in [2.75, 3.05) is 13.1 Å². The Labute approximate surface area is 242 Å². The predicted octanol–water partition coefficient (Wildman–Crippen LogP) is 4.06. The minimum absolute atomic E-state index is 0.0943. The summed E-state index contributed by atoms with van der Waals surface area (Å²) in [5.41, 5.74) is 4.74. The Morgan fingerprint density at radius 1 is 1.07 bits per heavy atom. The van der Waals surface area contributed by atoms with Crippen LogP contribution in [0.25, 0.3) is 0 Å². The highest BCUT2D eigenvalue weighted by atomic mass is 35.5. The lowest BCUT2D eigenvalue weighted by Crippen LogP contribution is -2.58. The number of fused-ring (bicyclic) bond motifs is 1. The molecule has 10 heteroatoms. The Hall–Kier alpha value is -2.46. The molecule has 2 amide bonds. The molecule has 2 aliphatic carbocycles. The summed E-state index contributed by atoms with van der Waals surface area (Å²) in [5, 5.41) is 9.98. The van der Waals surface area contributed by atoms with E-state index < -0.39 is 22.0 Å². The van der Waals surface area contributed by atoms with Gasteiger partial charge in [-0.2, -0.15) is 4.31 Å². The number of hydrogen-bond donors (Lipinski definition) is 3. The molecule has 2 fully saturated rings. The molecule has 0 spiro atoms. The molecule has 0 unspecified atom stereocenters. The second-order valence-corrected chi connectivity index (χ2v) is 13.7. The lowest BCUT2D eigenvalue weighted by atomic mass is 9.86. The Morgan fingerprint density at radius 3 is 2.62 bits per heavy atom. The average molecular weight is 587 g/mol. The zero-order valence-corrected chi connectivity index (χ0v) is 24.8. The van der Waals surface area contributed by atoms with Crippen molar-refractivity contribution in [2.24, 2.45) is 0 Å². The minimum Gasteiger partial charge on any atom is -0.353 e. The van der Waals surface area contributed by atoms with Gasteiger partial charge in [0.2, 0.25) is 21.8 Å². The van der Waals surface area contributed by atoms with Crippen molar-refractivity contribution in [3.63, 3.8) is 0 Å². The third-order valence-corrected chi connectivity index (χ3v) is 11.0. The molecule has 0 bridgehead atoms. The van der Waals surface area contributed by atoms with Crippen LogP contribution in [0.4, 0.5) is 0 Å². The van der Waals surface area contributed by atoms with Crippen molar-refractivity contribution in [2.45, 2.75) is 94.8 Å². The molecular weight excluding hydrogens is 548 g/mol. The van der Waals surface area contributed by atoms with Gasteiger partial charge in [-0.3, -0.25) is 9.59 Å². The zero-order chi connectivity index (χ0) is 28.4. The Morgan fingerprint density at radius 2 is 1.85 bits per heavy atom. The minimum atomic E-state index is -4.03. The molecule has 0 radical (unpaired) electrons. The molecule has 1 saturated carbocycles. The molecule has 1 heterocycles. The van der Waals surface area contributed by atoms with Gasteiger partial charge in [-0.25, -0.2) is 8.42 Å². The molecule has 0 aromatic heterocycles. The number of amides is 2. The first-order valence-corrected chi connectivity index (χ1v) is 16.2. The molecule has 216 valence electrons. The van der Waals surface area contributed by atoms with E-state index >= 15 is 0 Å². The first kappa shape index (κ1) is 29.0. The predicted molar refractivity (Wildman–Crippen MR) is 156 cm³/mol. The summed E-state index contributed by atoms with van der Waals surface area (Å²) in [6.07, 6.45) is 7.58. The van der Waals surface area contributed by atoms with E-state index in [1.807, 2.05) is 0 Å². The Kier molecular flexibility index (Phi) is 8.85. The Balaban J connectivity index is 1.28. The second kappa shape index (κ2) is 12.2. The Bertz CT molecular complexity index is 1390. The molecule has 8 nitrogen and oxygen atoms in total. The van der Waals surface area contributed by atoms with Crippen molar-refractivity contribution in [1.29, 1.82) is 0 Å². The zero-order valence-electron chi connectivity index (χ0n) is 23.3. The number of rotatable bonds is 8. The summed E-state index contributed by atoms with van der Waals surface area (Å²) in [6, 6.07) is 8.96. The third kappa shape index (κ3) is 6.22. The maximum absolute atomic E-state index is 13.7. The van der Waals surface area contributed by atoms with Gasteiger partial charge in [0, 0.05) is 30.7 Å². The number of carbonyl (C=O) groups excluding carboxylic acids is 2. The van der Waals surface area contributed by atoms with Crippen LogP contribution in [0, 0.1) is 13.8 Å². The van der Waals surface area contributed by atoms with Crippen LogP contribution >= 0.6 is 11.6 Å². The number of benzene rings is 2. The summed E-state index contributed by atoms with van der Waals surface area (Å²) in [4.78, 5) is 26.3. The summed E-state index contributed by atoms with van der Waals surface area (Å²) in [5.74, 6) is -0.798. The fourth-order valence-corrected chi connectivity index (χ4v) is 8.38. The maximum Gasteiger partial charge on any atom is 0.244 e. The normalized spacial score (nSPS) is 22.1. The van der Waals surface area contributed by atoms with Gasteiger partial charge in [0.05, 0.1) is 17.4 Å².